The predicted octanol–water partition coefficient (Wildman–Crippen LogP) is 2.96. The van der Waals surface area contributed by atoms with Gasteiger partial charge in [-0.1, -0.05) is 29.3 Å². The first-order chi connectivity index (χ1) is 11.8. The Labute approximate surface area is 153 Å². The average molecular weight is 382 g/mol. The first kappa shape index (κ1) is 19.3. The number of amides is 1. The molecule has 2 aromatic rings. The molecule has 5 nitrogen and oxygen atoms in total. The number of aryl methyl sites for hydroxylation is 1. The summed E-state index contributed by atoms with van der Waals surface area (Å²) in [6.45, 7) is 2.56. The molecule has 2 aromatic carbocycles. The summed E-state index contributed by atoms with van der Waals surface area (Å²) in [4.78, 5) is 13.6. The topological polar surface area (TPSA) is 63.7 Å². The number of hydrogen-bond acceptors (Lipinski definition) is 4. The van der Waals surface area contributed by atoms with E-state index in [0.717, 1.165) is 5.56 Å². The Morgan fingerprint density at radius 2 is 1.68 bits per heavy atom. The van der Waals surface area contributed by atoms with Gasteiger partial charge < -0.3 is 9.64 Å². The van der Waals surface area contributed by atoms with Crippen molar-refractivity contribution in [3.8, 4) is 5.75 Å². The maximum atomic E-state index is 12.3. The van der Waals surface area contributed by atoms with Gasteiger partial charge in [-0.3, -0.25) is 4.79 Å². The van der Waals surface area contributed by atoms with E-state index in [1.807, 2.05) is 31.2 Å². The molecule has 0 heterocycles. The monoisotopic (exact) mass is 381 g/mol. The van der Waals surface area contributed by atoms with E-state index in [9.17, 15) is 13.2 Å². The highest BCUT2D eigenvalue weighted by atomic mass is 35.5. The third-order valence-electron chi connectivity index (χ3n) is 3.63. The van der Waals surface area contributed by atoms with Crippen molar-refractivity contribution in [1.29, 1.82) is 0 Å². The molecule has 25 heavy (non-hydrogen) atoms. The van der Waals surface area contributed by atoms with Gasteiger partial charge in [0.1, 0.15) is 18.1 Å². The van der Waals surface area contributed by atoms with Crippen LogP contribution in [0.4, 0.5) is 0 Å². The summed E-state index contributed by atoms with van der Waals surface area (Å²) in [6.07, 6.45) is 0. The summed E-state index contributed by atoms with van der Waals surface area (Å²) in [5, 5.41) is 0.440. The van der Waals surface area contributed by atoms with Crippen LogP contribution in [0, 0.1) is 6.92 Å². The van der Waals surface area contributed by atoms with Gasteiger partial charge in [0.25, 0.3) is 0 Å². The maximum Gasteiger partial charge on any atom is 0.238 e. The Morgan fingerprint density at radius 1 is 1.08 bits per heavy atom. The smallest absolute Gasteiger partial charge is 0.238 e. The quantitative estimate of drug-likeness (QED) is 0.739. The lowest BCUT2D eigenvalue weighted by Crippen LogP contribution is -2.35. The molecule has 0 atom stereocenters. The zero-order valence-corrected chi connectivity index (χ0v) is 15.7. The van der Waals surface area contributed by atoms with E-state index in [1.54, 1.807) is 7.05 Å². The van der Waals surface area contributed by atoms with E-state index < -0.39 is 21.5 Å². The number of halogens is 1. The van der Waals surface area contributed by atoms with E-state index in [2.05, 4.69) is 0 Å². The summed E-state index contributed by atoms with van der Waals surface area (Å²) in [5.74, 6) is -0.363. The van der Waals surface area contributed by atoms with Gasteiger partial charge in [0, 0.05) is 12.1 Å². The molecule has 0 spiro atoms. The van der Waals surface area contributed by atoms with Gasteiger partial charge in [-0.05, 0) is 43.3 Å². The molecule has 0 aliphatic heterocycles. The second-order valence-corrected chi connectivity index (χ2v) is 8.12. The van der Waals surface area contributed by atoms with Crippen LogP contribution in [0.25, 0.3) is 0 Å². The molecule has 0 bridgehead atoms. The van der Waals surface area contributed by atoms with Gasteiger partial charge in [0.05, 0.1) is 11.4 Å². The van der Waals surface area contributed by atoms with Crippen molar-refractivity contribution in [2.24, 2.45) is 0 Å². The lowest BCUT2D eigenvalue weighted by atomic mass is 10.2. The van der Waals surface area contributed by atoms with Crippen molar-refractivity contribution in [2.45, 2.75) is 11.8 Å². The van der Waals surface area contributed by atoms with Crippen LogP contribution >= 0.6 is 11.6 Å². The van der Waals surface area contributed by atoms with Crippen LogP contribution in [0.2, 0.25) is 5.02 Å². The molecule has 1 amide bonds. The van der Waals surface area contributed by atoms with Crippen molar-refractivity contribution in [1.82, 2.24) is 4.90 Å². The first-order valence-electron chi connectivity index (χ1n) is 7.70. The molecule has 0 saturated heterocycles. The normalized spacial score (nSPS) is 11.2. The largest absolute Gasteiger partial charge is 0.492 e. The highest BCUT2D eigenvalue weighted by molar-refractivity contribution is 7.92. The number of benzene rings is 2. The van der Waals surface area contributed by atoms with Crippen molar-refractivity contribution in [3.63, 3.8) is 0 Å². The number of carbonyl (C=O) groups is 1. The van der Waals surface area contributed by atoms with Gasteiger partial charge in [-0.25, -0.2) is 8.42 Å². The van der Waals surface area contributed by atoms with Crippen LogP contribution in [-0.2, 0) is 14.6 Å². The average Bonchev–Trinajstić information content (AvgIpc) is 2.56. The Hall–Kier alpha value is -2.05. The van der Waals surface area contributed by atoms with Crippen LogP contribution in [0.1, 0.15) is 5.56 Å². The van der Waals surface area contributed by atoms with E-state index in [0.29, 0.717) is 17.3 Å². The molecule has 2 rings (SSSR count). The van der Waals surface area contributed by atoms with Crippen molar-refractivity contribution < 1.29 is 17.9 Å². The fourth-order valence-electron chi connectivity index (χ4n) is 2.06. The summed E-state index contributed by atoms with van der Waals surface area (Å²) >= 11 is 5.75. The number of sulfone groups is 1. The zero-order chi connectivity index (χ0) is 18.4. The van der Waals surface area contributed by atoms with E-state index in [-0.39, 0.29) is 11.5 Å². The lowest BCUT2D eigenvalue weighted by molar-refractivity contribution is -0.127. The van der Waals surface area contributed by atoms with Crippen LogP contribution in [0.3, 0.4) is 0 Å². The highest BCUT2D eigenvalue weighted by Crippen LogP contribution is 2.16. The molecule has 0 saturated carbocycles. The third kappa shape index (κ3) is 5.76. The summed E-state index contributed by atoms with van der Waals surface area (Å²) in [6, 6.07) is 13.3. The van der Waals surface area contributed by atoms with Gasteiger partial charge in [-0.15, -0.1) is 0 Å². The molecular formula is C18H20ClNO4S. The number of carbonyl (C=O) groups excluding carboxylic acids is 1. The molecule has 0 aromatic heterocycles. The van der Waals surface area contributed by atoms with E-state index in [4.69, 9.17) is 16.3 Å². The molecule has 0 aliphatic carbocycles. The zero-order valence-electron chi connectivity index (χ0n) is 14.1. The molecule has 0 unspecified atom stereocenters. The Morgan fingerprint density at radius 3 is 2.28 bits per heavy atom. The fraction of sp³-hybridized carbons (Fsp3) is 0.278. The van der Waals surface area contributed by atoms with Crippen LogP contribution in [0.5, 0.6) is 5.75 Å². The summed E-state index contributed by atoms with van der Waals surface area (Å²) in [7, 11) is -2.14. The predicted molar refractivity (Wildman–Crippen MR) is 97.8 cm³/mol. The third-order valence-corrected chi connectivity index (χ3v) is 5.50. The number of rotatable bonds is 7. The molecule has 134 valence electrons. The standard InChI is InChI=1S/C18H20ClNO4S/c1-14-3-7-16(8-4-14)24-12-11-20(2)18(21)13-25(22,23)17-9-5-15(19)6-10-17/h3-10H,11-13H2,1-2H3. The van der Waals surface area contributed by atoms with Crippen LogP contribution in [-0.4, -0.2) is 45.2 Å². The Bertz CT molecular complexity index is 817. The number of nitrogens with zero attached hydrogens (tertiary/aromatic N) is 1. The minimum absolute atomic E-state index is 0.0783. The van der Waals surface area contributed by atoms with Gasteiger partial charge in [0.2, 0.25) is 5.91 Å². The first-order valence-corrected chi connectivity index (χ1v) is 9.73. The van der Waals surface area contributed by atoms with Gasteiger partial charge >= 0.3 is 0 Å². The van der Waals surface area contributed by atoms with Crippen LogP contribution in [0.15, 0.2) is 53.4 Å². The second kappa shape index (κ2) is 8.36. The van der Waals surface area contributed by atoms with Gasteiger partial charge in [-0.2, -0.15) is 0 Å². The minimum atomic E-state index is -3.69. The summed E-state index contributed by atoms with van der Waals surface area (Å²) < 4.78 is 30.1. The minimum Gasteiger partial charge on any atom is -0.492 e. The Kier molecular flexibility index (Phi) is 6.45. The number of ether oxygens (including phenoxy) is 1. The molecule has 0 fully saturated rings. The molecule has 0 aliphatic rings. The fourth-order valence-corrected chi connectivity index (χ4v) is 3.45. The number of hydrogen-bond donors (Lipinski definition) is 0. The van der Waals surface area contributed by atoms with E-state index >= 15 is 0 Å². The van der Waals surface area contributed by atoms with Crippen molar-refractivity contribution in [2.75, 3.05) is 26.0 Å². The van der Waals surface area contributed by atoms with E-state index in [1.165, 1.54) is 29.2 Å². The SMILES string of the molecule is Cc1ccc(OCCN(C)C(=O)CS(=O)(=O)c2ccc(Cl)cc2)cc1. The van der Waals surface area contributed by atoms with Gasteiger partial charge in [0.15, 0.2) is 9.84 Å². The van der Waals surface area contributed by atoms with Crippen LogP contribution < -0.4 is 4.74 Å². The summed E-state index contributed by atoms with van der Waals surface area (Å²) in [5.41, 5.74) is 1.13. The van der Waals surface area contributed by atoms with Crippen molar-refractivity contribution >= 4 is 27.3 Å². The molecule has 7 heteroatoms. The Balaban J connectivity index is 1.86. The lowest BCUT2D eigenvalue weighted by Gasteiger charge is -2.17. The second-order valence-electron chi connectivity index (χ2n) is 5.69. The molecular weight excluding hydrogens is 362 g/mol. The highest BCUT2D eigenvalue weighted by Gasteiger charge is 2.21. The molecule has 0 N–H and O–H groups in total. The molecule has 0 radical (unpaired) electrons. The number of likely N-dealkylation sites (N-methyl/N-ethyl adjacent to an activating group) is 1. The maximum absolute atomic E-state index is 12.3. The van der Waals surface area contributed by atoms with Crippen molar-refractivity contribution in [3.05, 3.63) is 59.1 Å².